The molecule has 2 aliphatic heterocycles. The second kappa shape index (κ2) is 6.70. The van der Waals surface area contributed by atoms with Crippen LogP contribution in [-0.4, -0.2) is 39.4 Å². The van der Waals surface area contributed by atoms with E-state index in [2.05, 4.69) is 9.97 Å². The molecule has 3 heterocycles. The summed E-state index contributed by atoms with van der Waals surface area (Å²) in [5.74, 6) is 0.926. The van der Waals surface area contributed by atoms with Crippen molar-refractivity contribution < 1.29 is 14.5 Å². The molecule has 0 unspecified atom stereocenters. The van der Waals surface area contributed by atoms with E-state index in [1.165, 1.54) is 6.33 Å². The van der Waals surface area contributed by atoms with Gasteiger partial charge in [0.2, 0.25) is 11.0 Å². The summed E-state index contributed by atoms with van der Waals surface area (Å²) in [5, 5.41) is 11.2. The fourth-order valence-electron chi connectivity index (χ4n) is 4.16. The molecule has 1 spiro atoms. The zero-order valence-electron chi connectivity index (χ0n) is 15.6. The van der Waals surface area contributed by atoms with Crippen LogP contribution in [0.5, 0.6) is 5.75 Å². The molecule has 1 aromatic carbocycles. The summed E-state index contributed by atoms with van der Waals surface area (Å²) in [6.07, 6.45) is 2.65. The summed E-state index contributed by atoms with van der Waals surface area (Å²) in [5.41, 5.74) is 1.75. The number of aryl methyl sites for hydroxylation is 2. The van der Waals surface area contributed by atoms with E-state index in [-0.39, 0.29) is 22.4 Å². The lowest BCUT2D eigenvalue weighted by atomic mass is 9.81. The normalized spacial score (nSPS) is 18.0. The Balaban J connectivity index is 1.59. The first-order valence-corrected chi connectivity index (χ1v) is 9.41. The molecule has 0 bridgehead atoms. The van der Waals surface area contributed by atoms with Crippen molar-refractivity contribution >= 4 is 28.9 Å². The van der Waals surface area contributed by atoms with Gasteiger partial charge in [-0.25, -0.2) is 9.97 Å². The molecule has 146 valence electrons. The molecule has 2 aliphatic rings. The molecule has 4 rings (SSSR count). The molecule has 28 heavy (non-hydrogen) atoms. The van der Waals surface area contributed by atoms with Crippen molar-refractivity contribution in [2.75, 3.05) is 18.0 Å². The topological polar surface area (TPSA) is 98.5 Å². The first-order valence-electron chi connectivity index (χ1n) is 9.03. The average Bonchev–Trinajstić information content (AvgIpc) is 2.60. The molecular weight excluding hydrogens is 384 g/mol. The third kappa shape index (κ3) is 3.07. The highest BCUT2D eigenvalue weighted by Crippen LogP contribution is 2.42. The van der Waals surface area contributed by atoms with Crippen molar-refractivity contribution in [2.24, 2.45) is 0 Å². The van der Waals surface area contributed by atoms with Crippen molar-refractivity contribution in [3.8, 4) is 5.75 Å². The van der Waals surface area contributed by atoms with Crippen LogP contribution < -0.4 is 9.64 Å². The number of Topliss-reactive ketones (excluding diaryl/α,β-unsaturated/α-hetero) is 1. The van der Waals surface area contributed by atoms with Crippen LogP contribution in [0.25, 0.3) is 0 Å². The number of aromatic nitrogens is 2. The molecule has 0 atom stereocenters. The van der Waals surface area contributed by atoms with E-state index >= 15 is 0 Å². The summed E-state index contributed by atoms with van der Waals surface area (Å²) in [4.78, 5) is 33.2. The van der Waals surface area contributed by atoms with E-state index in [1.807, 2.05) is 30.9 Å². The Labute approximate surface area is 166 Å². The molecule has 0 saturated carbocycles. The monoisotopic (exact) mass is 402 g/mol. The van der Waals surface area contributed by atoms with Crippen LogP contribution in [0, 0.1) is 24.0 Å². The molecular formula is C19H19ClN4O4. The van der Waals surface area contributed by atoms with E-state index in [4.69, 9.17) is 16.3 Å². The smallest absolute Gasteiger partial charge is 0.348 e. The molecule has 1 fully saturated rings. The standard InChI is InChI=1S/C19H19ClN4O4/c1-11-7-12(2)15-13(25)9-19(28-14(15)8-11)3-5-23(6-4-19)18-16(24(26)27)17(20)21-10-22-18/h7-8,10H,3-6,9H2,1-2H3. The summed E-state index contributed by atoms with van der Waals surface area (Å²) in [6.45, 7) is 4.85. The molecule has 0 amide bonds. The number of halogens is 1. The van der Waals surface area contributed by atoms with Gasteiger partial charge in [0.25, 0.3) is 0 Å². The molecule has 9 heteroatoms. The molecule has 0 radical (unpaired) electrons. The lowest BCUT2D eigenvalue weighted by molar-refractivity contribution is -0.384. The van der Waals surface area contributed by atoms with E-state index < -0.39 is 10.5 Å². The van der Waals surface area contributed by atoms with Crippen molar-refractivity contribution in [1.29, 1.82) is 0 Å². The van der Waals surface area contributed by atoms with E-state index in [9.17, 15) is 14.9 Å². The maximum absolute atomic E-state index is 12.8. The van der Waals surface area contributed by atoms with Gasteiger partial charge in [-0.1, -0.05) is 17.7 Å². The lowest BCUT2D eigenvalue weighted by Gasteiger charge is -2.44. The van der Waals surface area contributed by atoms with Crippen LogP contribution in [0.2, 0.25) is 5.15 Å². The predicted molar refractivity (Wildman–Crippen MR) is 103 cm³/mol. The Hall–Kier alpha value is -2.74. The third-order valence-corrected chi connectivity index (χ3v) is 5.72. The van der Waals surface area contributed by atoms with Crippen LogP contribution in [0.1, 0.15) is 40.7 Å². The minimum Gasteiger partial charge on any atom is -0.486 e. The van der Waals surface area contributed by atoms with Crippen LogP contribution in [0.3, 0.4) is 0 Å². The number of ether oxygens (including phenoxy) is 1. The lowest BCUT2D eigenvalue weighted by Crippen LogP contribution is -2.51. The number of carbonyl (C=O) groups excluding carboxylic acids is 1. The van der Waals surface area contributed by atoms with Crippen LogP contribution in [-0.2, 0) is 0 Å². The van der Waals surface area contributed by atoms with Crippen molar-refractivity contribution in [3.05, 3.63) is 50.4 Å². The van der Waals surface area contributed by atoms with Gasteiger partial charge in [-0.3, -0.25) is 14.9 Å². The molecule has 2 aromatic rings. The highest BCUT2D eigenvalue weighted by Gasteiger charge is 2.44. The number of fused-ring (bicyclic) bond motifs is 1. The number of ketones is 1. The summed E-state index contributed by atoms with van der Waals surface area (Å²) in [7, 11) is 0. The molecule has 0 aliphatic carbocycles. The second-order valence-corrected chi connectivity index (χ2v) is 7.78. The van der Waals surface area contributed by atoms with E-state index in [1.54, 1.807) is 0 Å². The van der Waals surface area contributed by atoms with Crippen LogP contribution >= 0.6 is 11.6 Å². The zero-order chi connectivity index (χ0) is 20.1. The van der Waals surface area contributed by atoms with Gasteiger partial charge in [0, 0.05) is 25.9 Å². The maximum Gasteiger partial charge on any atom is 0.348 e. The third-order valence-electron chi connectivity index (χ3n) is 5.45. The number of rotatable bonds is 2. The zero-order valence-corrected chi connectivity index (χ0v) is 16.3. The number of nitrogens with zero attached hydrogens (tertiary/aromatic N) is 4. The van der Waals surface area contributed by atoms with Gasteiger partial charge in [0.1, 0.15) is 17.7 Å². The predicted octanol–water partition coefficient (Wildman–Crippen LogP) is 3.66. The van der Waals surface area contributed by atoms with Crippen molar-refractivity contribution in [2.45, 2.75) is 38.7 Å². The summed E-state index contributed by atoms with van der Waals surface area (Å²) in [6, 6.07) is 3.89. The Morgan fingerprint density at radius 3 is 2.64 bits per heavy atom. The molecule has 1 aromatic heterocycles. The average molecular weight is 403 g/mol. The number of nitro groups is 1. The number of benzene rings is 1. The number of hydrogen-bond acceptors (Lipinski definition) is 7. The Morgan fingerprint density at radius 1 is 1.25 bits per heavy atom. The van der Waals surface area contributed by atoms with Gasteiger partial charge in [-0.05, 0) is 31.0 Å². The van der Waals surface area contributed by atoms with Gasteiger partial charge >= 0.3 is 5.69 Å². The molecule has 8 nitrogen and oxygen atoms in total. The fourth-order valence-corrected chi connectivity index (χ4v) is 4.36. The number of piperidine rings is 1. The Kier molecular flexibility index (Phi) is 4.45. The molecule has 0 N–H and O–H groups in total. The van der Waals surface area contributed by atoms with Gasteiger partial charge in [-0.2, -0.15) is 0 Å². The van der Waals surface area contributed by atoms with Gasteiger partial charge in [0.05, 0.1) is 16.9 Å². The number of carbonyl (C=O) groups is 1. The maximum atomic E-state index is 12.8. The Bertz CT molecular complexity index is 986. The van der Waals surface area contributed by atoms with Crippen molar-refractivity contribution in [3.63, 3.8) is 0 Å². The minimum absolute atomic E-state index is 0.0864. The number of hydrogen-bond donors (Lipinski definition) is 0. The highest BCUT2D eigenvalue weighted by molar-refractivity contribution is 6.31. The van der Waals surface area contributed by atoms with Gasteiger partial charge in [-0.15, -0.1) is 0 Å². The van der Waals surface area contributed by atoms with Crippen LogP contribution in [0.15, 0.2) is 18.5 Å². The quantitative estimate of drug-likeness (QED) is 0.429. The van der Waals surface area contributed by atoms with Gasteiger partial charge in [0.15, 0.2) is 5.78 Å². The molecule has 1 saturated heterocycles. The summed E-state index contributed by atoms with van der Waals surface area (Å²) < 4.78 is 6.34. The summed E-state index contributed by atoms with van der Waals surface area (Å²) >= 11 is 5.90. The highest BCUT2D eigenvalue weighted by atomic mass is 35.5. The fraction of sp³-hybridized carbons (Fsp3) is 0.421. The van der Waals surface area contributed by atoms with Crippen molar-refractivity contribution in [1.82, 2.24) is 9.97 Å². The van der Waals surface area contributed by atoms with Crippen LogP contribution in [0.4, 0.5) is 11.5 Å². The minimum atomic E-state index is -0.591. The SMILES string of the molecule is Cc1cc(C)c2c(c1)OC1(CCN(c3ncnc(Cl)c3[N+](=O)[O-])CC1)CC2=O. The number of anilines is 1. The van der Waals surface area contributed by atoms with Gasteiger partial charge < -0.3 is 9.64 Å². The second-order valence-electron chi connectivity index (χ2n) is 7.42. The first kappa shape index (κ1) is 18.6. The first-order chi connectivity index (χ1) is 13.3. The largest absolute Gasteiger partial charge is 0.486 e. The Morgan fingerprint density at radius 2 is 1.96 bits per heavy atom. The van der Waals surface area contributed by atoms with E-state index in [0.717, 1.165) is 11.1 Å². The van der Waals surface area contributed by atoms with E-state index in [0.29, 0.717) is 43.7 Å².